The summed E-state index contributed by atoms with van der Waals surface area (Å²) in [5, 5.41) is 27.5. The maximum atomic E-state index is 10.7. The summed E-state index contributed by atoms with van der Waals surface area (Å²) in [6.45, 7) is -0.378. The summed E-state index contributed by atoms with van der Waals surface area (Å²) in [6.07, 6.45) is -0.561. The number of carboxylic acid groups (broad SMARTS) is 2. The van der Waals surface area contributed by atoms with Crippen LogP contribution in [0.1, 0.15) is 12.8 Å². The van der Waals surface area contributed by atoms with Crippen molar-refractivity contribution in [3.63, 3.8) is 0 Å². The van der Waals surface area contributed by atoms with E-state index in [1.165, 1.54) is 0 Å². The Morgan fingerprint density at radius 3 is 2.27 bits per heavy atom. The Bertz CT molecular complexity index is 256. The van der Waals surface area contributed by atoms with Crippen molar-refractivity contribution in [3.8, 4) is 0 Å². The van der Waals surface area contributed by atoms with Crippen molar-refractivity contribution in [1.82, 2.24) is 0 Å². The first kappa shape index (κ1) is 16.8. The molecular weight excluding hydrogens is 215 g/mol. The molecule has 0 aliphatic rings. The van der Waals surface area contributed by atoms with E-state index in [9.17, 15) is 14.7 Å². The van der Waals surface area contributed by atoms with Crippen LogP contribution in [0.3, 0.4) is 0 Å². The molecule has 0 rings (SSSR count). The van der Waals surface area contributed by atoms with Crippen molar-refractivity contribution >= 4 is 17.8 Å². The van der Waals surface area contributed by atoms with Gasteiger partial charge in [0.15, 0.2) is 0 Å². The molecule has 0 heterocycles. The maximum absolute atomic E-state index is 10.7. The Labute approximate surface area is 108 Å². The van der Waals surface area contributed by atoms with Gasteiger partial charge in [0.25, 0.3) is 0 Å². The number of aliphatic carboxylic acids is 2. The zero-order chi connectivity index (χ0) is 11.1. The van der Waals surface area contributed by atoms with Crippen LogP contribution in [0.5, 0.6) is 0 Å². The van der Waals surface area contributed by atoms with Gasteiger partial charge in [-0.3, -0.25) is 9.79 Å². The molecule has 0 saturated heterocycles. The molecule has 0 unspecified atom stereocenters. The minimum absolute atomic E-state index is 0. The fraction of sp³-hybridized carbons (Fsp3) is 0.571. The Balaban J connectivity index is 0. The number of rotatable bonds is 6. The first-order valence-corrected chi connectivity index (χ1v) is 3.85. The second kappa shape index (κ2) is 8.66. The average molecular weight is 226 g/mol. The molecule has 0 amide bonds. The van der Waals surface area contributed by atoms with E-state index in [-0.39, 0.29) is 48.9 Å². The van der Waals surface area contributed by atoms with Crippen molar-refractivity contribution in [2.75, 3.05) is 6.54 Å². The number of carbonyl (C=O) groups is 2. The number of carboxylic acids is 2. The predicted molar refractivity (Wildman–Crippen MR) is 44.8 cm³/mol. The van der Waals surface area contributed by atoms with Crippen LogP contribution in [-0.2, 0) is 9.59 Å². The molecular formula is C7H11N2NaO5. The van der Waals surface area contributed by atoms with Gasteiger partial charge in [0.05, 0.1) is 0 Å². The van der Waals surface area contributed by atoms with Gasteiger partial charge >= 0.3 is 41.5 Å². The normalized spacial score (nSPS) is 12.7. The molecule has 15 heavy (non-hydrogen) atoms. The SMILES string of the molecule is NCC([O-])=N[C@@H](CCC(=O)O)C(=O)O.[Na+]. The zero-order valence-corrected chi connectivity index (χ0v) is 10.3. The zero-order valence-electron chi connectivity index (χ0n) is 8.34. The van der Waals surface area contributed by atoms with Crippen molar-refractivity contribution in [1.29, 1.82) is 0 Å². The predicted octanol–water partition coefficient (Wildman–Crippen LogP) is -4.97. The molecule has 0 radical (unpaired) electrons. The van der Waals surface area contributed by atoms with E-state index in [2.05, 4.69) is 4.99 Å². The van der Waals surface area contributed by atoms with Crippen LogP contribution in [0.4, 0.5) is 0 Å². The van der Waals surface area contributed by atoms with E-state index in [1.54, 1.807) is 0 Å². The monoisotopic (exact) mass is 226 g/mol. The quantitative estimate of drug-likeness (QED) is 0.236. The van der Waals surface area contributed by atoms with E-state index >= 15 is 0 Å². The topological polar surface area (TPSA) is 136 Å². The van der Waals surface area contributed by atoms with Gasteiger partial charge in [-0.25, -0.2) is 4.79 Å². The van der Waals surface area contributed by atoms with Gasteiger partial charge < -0.3 is 21.1 Å². The number of hydrogen-bond acceptors (Lipinski definition) is 5. The van der Waals surface area contributed by atoms with Crippen molar-refractivity contribution in [2.45, 2.75) is 18.9 Å². The summed E-state index contributed by atoms with van der Waals surface area (Å²) in [4.78, 5) is 23.9. The first-order chi connectivity index (χ1) is 6.47. The summed E-state index contributed by atoms with van der Waals surface area (Å²) in [5.41, 5.74) is 4.92. The Hall–Kier alpha value is -0.630. The minimum atomic E-state index is -1.33. The van der Waals surface area contributed by atoms with E-state index < -0.39 is 23.9 Å². The van der Waals surface area contributed by atoms with E-state index in [0.717, 1.165) is 0 Å². The Morgan fingerprint density at radius 1 is 1.40 bits per heavy atom. The molecule has 80 valence electrons. The fourth-order valence-corrected chi connectivity index (χ4v) is 0.730. The third-order valence-corrected chi connectivity index (χ3v) is 1.39. The summed E-state index contributed by atoms with van der Waals surface area (Å²) >= 11 is 0. The molecule has 0 spiro atoms. The molecule has 0 aromatic heterocycles. The van der Waals surface area contributed by atoms with Crippen molar-refractivity contribution in [2.24, 2.45) is 10.7 Å². The van der Waals surface area contributed by atoms with Crippen LogP contribution < -0.4 is 40.4 Å². The molecule has 1 atom stereocenters. The Morgan fingerprint density at radius 2 is 1.93 bits per heavy atom. The van der Waals surface area contributed by atoms with Gasteiger partial charge in [-0.15, -0.1) is 0 Å². The summed E-state index contributed by atoms with van der Waals surface area (Å²) in [7, 11) is 0. The third-order valence-electron chi connectivity index (χ3n) is 1.39. The Kier molecular flexibility index (Phi) is 9.69. The molecule has 0 fully saturated rings. The first-order valence-electron chi connectivity index (χ1n) is 3.85. The van der Waals surface area contributed by atoms with Crippen molar-refractivity contribution < 1.29 is 54.5 Å². The van der Waals surface area contributed by atoms with Gasteiger partial charge in [-0.1, -0.05) is 0 Å². The number of hydrogen-bond donors (Lipinski definition) is 3. The van der Waals surface area contributed by atoms with E-state index in [1.807, 2.05) is 0 Å². The average Bonchev–Trinajstić information content (AvgIpc) is 2.10. The molecule has 8 heteroatoms. The van der Waals surface area contributed by atoms with Gasteiger partial charge in [-0.05, 0) is 12.3 Å². The van der Waals surface area contributed by atoms with Gasteiger partial charge in [0, 0.05) is 13.0 Å². The maximum Gasteiger partial charge on any atom is 1.00 e. The summed E-state index contributed by atoms with van der Waals surface area (Å²) in [5.74, 6) is -3.21. The molecule has 0 aromatic carbocycles. The van der Waals surface area contributed by atoms with Gasteiger partial charge in [0.1, 0.15) is 6.04 Å². The van der Waals surface area contributed by atoms with Crippen LogP contribution in [0, 0.1) is 0 Å². The molecule has 0 saturated carbocycles. The van der Waals surface area contributed by atoms with Gasteiger partial charge in [-0.2, -0.15) is 0 Å². The van der Waals surface area contributed by atoms with Crippen LogP contribution in [0.25, 0.3) is 0 Å². The molecule has 4 N–H and O–H groups in total. The molecule has 0 aliphatic heterocycles. The number of nitrogens with two attached hydrogens (primary N) is 1. The van der Waals surface area contributed by atoms with E-state index in [0.29, 0.717) is 0 Å². The van der Waals surface area contributed by atoms with Crippen LogP contribution in [0.15, 0.2) is 4.99 Å². The summed E-state index contributed by atoms with van der Waals surface area (Å²) < 4.78 is 0. The number of aliphatic imine (C=N–C) groups is 1. The van der Waals surface area contributed by atoms with Crippen LogP contribution in [-0.4, -0.2) is 40.6 Å². The fourth-order valence-electron chi connectivity index (χ4n) is 0.730. The van der Waals surface area contributed by atoms with Crippen LogP contribution in [0.2, 0.25) is 0 Å². The molecule has 7 nitrogen and oxygen atoms in total. The standard InChI is InChI=1S/C7H12N2O5.Na/c8-3-5(10)9-4(7(13)14)1-2-6(11)12;/h4H,1-3,8H2,(H,9,10)(H,11,12)(H,13,14);/q;+1/p-1/t4-;/m0./s1. The molecule has 0 aliphatic carbocycles. The smallest absolute Gasteiger partial charge is 0.861 e. The van der Waals surface area contributed by atoms with Gasteiger partial charge in [0.2, 0.25) is 0 Å². The molecule has 0 aromatic rings. The largest absolute Gasteiger partial charge is 1.00 e. The minimum Gasteiger partial charge on any atom is -0.861 e. The second-order valence-electron chi connectivity index (χ2n) is 2.51. The number of nitrogens with zero attached hydrogens (tertiary/aromatic N) is 1. The van der Waals surface area contributed by atoms with Crippen molar-refractivity contribution in [3.05, 3.63) is 0 Å². The van der Waals surface area contributed by atoms with E-state index in [4.69, 9.17) is 15.9 Å². The molecule has 0 bridgehead atoms. The summed E-state index contributed by atoms with van der Waals surface area (Å²) in [6, 6.07) is -1.32. The van der Waals surface area contributed by atoms with Crippen LogP contribution >= 0.6 is 0 Å². The second-order valence-corrected chi connectivity index (χ2v) is 2.51. The third kappa shape index (κ3) is 8.37.